The Morgan fingerprint density at radius 2 is 1.57 bits per heavy atom. The highest BCUT2D eigenvalue weighted by atomic mass is 16.5. The van der Waals surface area contributed by atoms with Crippen LogP contribution in [0.15, 0.2) is 54.6 Å². The highest BCUT2D eigenvalue weighted by Crippen LogP contribution is 2.27. The van der Waals surface area contributed by atoms with Gasteiger partial charge in [0.15, 0.2) is 0 Å². The van der Waals surface area contributed by atoms with Crippen LogP contribution in [0.5, 0.6) is 5.75 Å². The van der Waals surface area contributed by atoms with E-state index in [4.69, 9.17) is 4.74 Å². The van der Waals surface area contributed by atoms with Crippen LogP contribution >= 0.6 is 0 Å². The van der Waals surface area contributed by atoms with Crippen molar-refractivity contribution in [3.8, 4) is 5.75 Å². The van der Waals surface area contributed by atoms with E-state index in [1.54, 1.807) is 0 Å². The number of hydrogen-bond donors (Lipinski definition) is 0. The van der Waals surface area contributed by atoms with Crippen molar-refractivity contribution in [3.05, 3.63) is 65.7 Å². The molecular formula is C21H29NO. The Morgan fingerprint density at radius 3 is 2.22 bits per heavy atom. The quantitative estimate of drug-likeness (QED) is 0.587. The molecule has 1 unspecified atom stereocenters. The third-order valence-corrected chi connectivity index (χ3v) is 4.04. The van der Waals surface area contributed by atoms with Crippen LogP contribution in [-0.2, 0) is 0 Å². The Balaban J connectivity index is 1.94. The van der Waals surface area contributed by atoms with E-state index in [1.807, 2.05) is 0 Å². The van der Waals surface area contributed by atoms with Gasteiger partial charge in [0.25, 0.3) is 0 Å². The van der Waals surface area contributed by atoms with Gasteiger partial charge in [-0.15, -0.1) is 0 Å². The topological polar surface area (TPSA) is 12.5 Å². The van der Waals surface area contributed by atoms with Crippen molar-refractivity contribution in [2.75, 3.05) is 20.6 Å². The fraction of sp³-hybridized carbons (Fsp3) is 0.429. The Bertz CT molecular complexity index is 548. The Hall–Kier alpha value is -1.80. The van der Waals surface area contributed by atoms with Gasteiger partial charge in [-0.25, -0.2) is 0 Å². The molecule has 0 amide bonds. The lowest BCUT2D eigenvalue weighted by Gasteiger charge is -2.20. The number of rotatable bonds is 9. The monoisotopic (exact) mass is 311 g/mol. The van der Waals surface area contributed by atoms with Crippen LogP contribution in [0, 0.1) is 6.92 Å². The number of ether oxygens (including phenoxy) is 1. The molecule has 0 spiro atoms. The predicted octanol–water partition coefficient (Wildman–Crippen LogP) is 5.24. The number of unbranched alkanes of at least 4 members (excludes halogenated alkanes) is 2. The maximum absolute atomic E-state index is 6.27. The van der Waals surface area contributed by atoms with E-state index in [1.165, 1.54) is 30.4 Å². The van der Waals surface area contributed by atoms with Gasteiger partial charge >= 0.3 is 0 Å². The molecule has 1 atom stereocenters. The molecule has 2 aromatic carbocycles. The summed E-state index contributed by atoms with van der Waals surface area (Å²) in [6.07, 6.45) is 4.89. The third kappa shape index (κ3) is 6.45. The smallest absolute Gasteiger partial charge is 0.124 e. The fourth-order valence-corrected chi connectivity index (χ4v) is 2.68. The Kier molecular flexibility index (Phi) is 7.15. The first kappa shape index (κ1) is 17.6. The summed E-state index contributed by atoms with van der Waals surface area (Å²) in [7, 11) is 4.26. The minimum atomic E-state index is 0.137. The Morgan fingerprint density at radius 1 is 0.870 bits per heavy atom. The summed E-state index contributed by atoms with van der Waals surface area (Å²) in [5.74, 6) is 0.956. The van der Waals surface area contributed by atoms with Crippen LogP contribution in [0.3, 0.4) is 0 Å². The van der Waals surface area contributed by atoms with Crippen molar-refractivity contribution in [3.63, 3.8) is 0 Å². The number of nitrogens with zero attached hydrogens (tertiary/aromatic N) is 1. The van der Waals surface area contributed by atoms with Crippen molar-refractivity contribution < 1.29 is 4.74 Å². The van der Waals surface area contributed by atoms with Crippen LogP contribution in [0.25, 0.3) is 0 Å². The Labute approximate surface area is 141 Å². The van der Waals surface area contributed by atoms with Gasteiger partial charge in [0.05, 0.1) is 0 Å². The molecular weight excluding hydrogens is 282 g/mol. The molecule has 0 heterocycles. The van der Waals surface area contributed by atoms with Gasteiger partial charge in [-0.1, -0.05) is 54.4 Å². The van der Waals surface area contributed by atoms with Crippen molar-refractivity contribution in [2.24, 2.45) is 0 Å². The van der Waals surface area contributed by atoms with Crippen molar-refractivity contribution in [1.29, 1.82) is 0 Å². The van der Waals surface area contributed by atoms with Crippen LogP contribution in [-0.4, -0.2) is 25.5 Å². The molecule has 2 nitrogen and oxygen atoms in total. The summed E-state index contributed by atoms with van der Waals surface area (Å²) >= 11 is 0. The molecule has 2 heteroatoms. The highest BCUT2D eigenvalue weighted by Gasteiger charge is 2.13. The minimum Gasteiger partial charge on any atom is -0.486 e. The lowest BCUT2D eigenvalue weighted by molar-refractivity contribution is 0.190. The van der Waals surface area contributed by atoms with Crippen LogP contribution in [0.1, 0.15) is 42.9 Å². The first-order valence-corrected chi connectivity index (χ1v) is 8.58. The minimum absolute atomic E-state index is 0.137. The molecule has 0 aliphatic rings. The van der Waals surface area contributed by atoms with Crippen molar-refractivity contribution >= 4 is 0 Å². The molecule has 2 rings (SSSR count). The number of aryl methyl sites for hydroxylation is 1. The maximum atomic E-state index is 6.27. The van der Waals surface area contributed by atoms with Gasteiger partial charge < -0.3 is 9.64 Å². The van der Waals surface area contributed by atoms with Gasteiger partial charge in [0, 0.05) is 0 Å². The van der Waals surface area contributed by atoms with Gasteiger partial charge in [-0.2, -0.15) is 0 Å². The second-order valence-corrected chi connectivity index (χ2v) is 6.48. The van der Waals surface area contributed by atoms with Gasteiger partial charge in [0.2, 0.25) is 0 Å². The summed E-state index contributed by atoms with van der Waals surface area (Å²) in [6.45, 7) is 3.26. The maximum Gasteiger partial charge on any atom is 0.124 e. The van der Waals surface area contributed by atoms with E-state index in [2.05, 4.69) is 80.5 Å². The fourth-order valence-electron chi connectivity index (χ4n) is 2.68. The summed E-state index contributed by atoms with van der Waals surface area (Å²) in [5, 5.41) is 0. The van der Waals surface area contributed by atoms with E-state index in [-0.39, 0.29) is 6.10 Å². The number of hydrogen-bond acceptors (Lipinski definition) is 2. The molecule has 0 aliphatic heterocycles. The molecule has 0 radical (unpaired) electrons. The van der Waals surface area contributed by atoms with Crippen LogP contribution in [0.4, 0.5) is 0 Å². The lowest BCUT2D eigenvalue weighted by atomic mass is 10.0. The lowest BCUT2D eigenvalue weighted by Crippen LogP contribution is -2.13. The van der Waals surface area contributed by atoms with E-state index in [0.717, 1.165) is 18.7 Å². The highest BCUT2D eigenvalue weighted by molar-refractivity contribution is 5.28. The average Bonchev–Trinajstić information content (AvgIpc) is 2.56. The number of benzene rings is 2. The first-order valence-electron chi connectivity index (χ1n) is 8.58. The van der Waals surface area contributed by atoms with E-state index < -0.39 is 0 Å². The third-order valence-electron chi connectivity index (χ3n) is 4.04. The van der Waals surface area contributed by atoms with Crippen LogP contribution in [0.2, 0.25) is 0 Å². The summed E-state index contributed by atoms with van der Waals surface area (Å²) < 4.78 is 6.27. The van der Waals surface area contributed by atoms with Crippen molar-refractivity contribution in [2.45, 2.75) is 38.7 Å². The second kappa shape index (κ2) is 9.36. The molecule has 0 aliphatic carbocycles. The average molecular weight is 311 g/mol. The summed E-state index contributed by atoms with van der Waals surface area (Å²) in [6, 6.07) is 18.9. The van der Waals surface area contributed by atoms with E-state index in [9.17, 15) is 0 Å². The van der Waals surface area contributed by atoms with Crippen LogP contribution < -0.4 is 4.74 Å². The molecule has 0 aromatic heterocycles. The van der Waals surface area contributed by atoms with Gasteiger partial charge in [-0.05, 0) is 64.5 Å². The molecule has 0 saturated carbocycles. The molecule has 0 fully saturated rings. The predicted molar refractivity (Wildman–Crippen MR) is 98.0 cm³/mol. The molecule has 0 bridgehead atoms. The van der Waals surface area contributed by atoms with E-state index >= 15 is 0 Å². The van der Waals surface area contributed by atoms with Gasteiger partial charge in [-0.3, -0.25) is 0 Å². The molecule has 124 valence electrons. The zero-order chi connectivity index (χ0) is 16.5. The molecule has 0 N–H and O–H groups in total. The van der Waals surface area contributed by atoms with Gasteiger partial charge in [0.1, 0.15) is 11.9 Å². The summed E-state index contributed by atoms with van der Waals surface area (Å²) in [4.78, 5) is 2.25. The van der Waals surface area contributed by atoms with Crippen molar-refractivity contribution in [1.82, 2.24) is 4.90 Å². The second-order valence-electron chi connectivity index (χ2n) is 6.48. The first-order chi connectivity index (χ1) is 11.1. The zero-order valence-corrected chi connectivity index (χ0v) is 14.7. The molecule has 2 aromatic rings. The SMILES string of the molecule is Cc1ccc(OC(CCCCCN(C)C)c2ccccc2)cc1. The molecule has 23 heavy (non-hydrogen) atoms. The van der Waals surface area contributed by atoms with E-state index in [0.29, 0.717) is 0 Å². The zero-order valence-electron chi connectivity index (χ0n) is 14.7. The largest absolute Gasteiger partial charge is 0.486 e. The molecule has 0 saturated heterocycles. The standard InChI is InChI=1S/C21H29NO/c1-18-13-15-20(16-14-18)23-21(19-10-6-4-7-11-19)12-8-5-9-17-22(2)3/h4,6-7,10-11,13-16,21H,5,8-9,12,17H2,1-3H3. The summed E-state index contributed by atoms with van der Waals surface area (Å²) in [5.41, 5.74) is 2.53. The normalized spacial score (nSPS) is 12.3.